The molecule has 0 aliphatic carbocycles. The van der Waals surface area contributed by atoms with Crippen molar-refractivity contribution >= 4 is 36.6 Å². The molecule has 0 spiro atoms. The minimum Gasteiger partial charge on any atom is -0.320 e. The lowest BCUT2D eigenvalue weighted by molar-refractivity contribution is -0.134. The molecule has 1 atom stereocenters. The van der Waals surface area contributed by atoms with E-state index in [9.17, 15) is 9.59 Å². The van der Waals surface area contributed by atoms with Crippen molar-refractivity contribution in [1.82, 2.24) is 5.32 Å². The van der Waals surface area contributed by atoms with Crippen LogP contribution in [0.3, 0.4) is 0 Å². The van der Waals surface area contributed by atoms with Crippen LogP contribution in [0.1, 0.15) is 12.8 Å². The van der Waals surface area contributed by atoms with Gasteiger partial charge in [-0.15, -0.1) is 24.8 Å². The Labute approximate surface area is 76.7 Å². The fraction of sp³-hybridized carbons (Fsp3) is 0.600. The zero-order valence-electron chi connectivity index (χ0n) is 5.70. The Morgan fingerprint density at radius 1 is 1.36 bits per heavy atom. The number of rotatable bonds is 0. The van der Waals surface area contributed by atoms with Gasteiger partial charge < -0.3 is 5.73 Å². The lowest BCUT2D eigenvalue weighted by Crippen LogP contribution is -2.48. The molecule has 1 rings (SSSR count). The fourth-order valence-corrected chi connectivity index (χ4v) is 0.710. The maximum absolute atomic E-state index is 10.5. The zero-order chi connectivity index (χ0) is 6.85. The highest BCUT2D eigenvalue weighted by Crippen LogP contribution is 2.00. The van der Waals surface area contributed by atoms with Crippen LogP contribution in [0, 0.1) is 0 Å². The van der Waals surface area contributed by atoms with Gasteiger partial charge in [0.2, 0.25) is 11.8 Å². The number of nitrogens with one attached hydrogen (secondary N) is 1. The summed E-state index contributed by atoms with van der Waals surface area (Å²) in [4.78, 5) is 21.0. The van der Waals surface area contributed by atoms with Gasteiger partial charge in [-0.2, -0.15) is 0 Å². The molecule has 0 aromatic heterocycles. The summed E-state index contributed by atoms with van der Waals surface area (Å²) < 4.78 is 0. The van der Waals surface area contributed by atoms with Crippen LogP contribution < -0.4 is 11.1 Å². The van der Waals surface area contributed by atoms with Crippen molar-refractivity contribution < 1.29 is 9.59 Å². The zero-order valence-corrected chi connectivity index (χ0v) is 7.33. The van der Waals surface area contributed by atoms with Crippen molar-refractivity contribution in [3.8, 4) is 0 Å². The van der Waals surface area contributed by atoms with Crippen LogP contribution in [0.5, 0.6) is 0 Å². The summed E-state index contributed by atoms with van der Waals surface area (Å²) in [6.45, 7) is 0. The second kappa shape index (κ2) is 5.35. The number of carbonyl (C=O) groups is 2. The molecule has 1 fully saturated rings. The SMILES string of the molecule is Cl.Cl.NC1CCC(=O)NC1=O. The quantitative estimate of drug-likeness (QED) is 0.523. The van der Waals surface area contributed by atoms with Gasteiger partial charge >= 0.3 is 0 Å². The molecule has 0 aromatic carbocycles. The van der Waals surface area contributed by atoms with Gasteiger partial charge in [0.25, 0.3) is 0 Å². The first kappa shape index (κ1) is 13.3. The van der Waals surface area contributed by atoms with Crippen molar-refractivity contribution in [3.05, 3.63) is 0 Å². The molecular formula is C5H10Cl2N2O2. The normalized spacial score (nSPS) is 22.8. The molecule has 1 aliphatic rings. The molecule has 3 N–H and O–H groups in total. The minimum absolute atomic E-state index is 0. The number of halogens is 2. The Hall–Kier alpha value is -0.320. The maximum Gasteiger partial charge on any atom is 0.243 e. The maximum atomic E-state index is 10.5. The van der Waals surface area contributed by atoms with E-state index in [1.807, 2.05) is 0 Å². The van der Waals surface area contributed by atoms with E-state index in [0.29, 0.717) is 12.8 Å². The van der Waals surface area contributed by atoms with E-state index >= 15 is 0 Å². The molecule has 1 saturated heterocycles. The average Bonchev–Trinajstić information content (AvgIpc) is 1.80. The molecule has 0 bridgehead atoms. The largest absolute Gasteiger partial charge is 0.320 e. The Kier molecular flexibility index (Phi) is 6.46. The van der Waals surface area contributed by atoms with Crippen LogP contribution in [0.4, 0.5) is 0 Å². The minimum atomic E-state index is -0.484. The summed E-state index contributed by atoms with van der Waals surface area (Å²) >= 11 is 0. The van der Waals surface area contributed by atoms with E-state index in [1.54, 1.807) is 0 Å². The van der Waals surface area contributed by atoms with Crippen LogP contribution >= 0.6 is 24.8 Å². The summed E-state index contributed by atoms with van der Waals surface area (Å²) in [7, 11) is 0. The molecular weight excluding hydrogens is 191 g/mol. The van der Waals surface area contributed by atoms with Crippen LogP contribution in [0.15, 0.2) is 0 Å². The lowest BCUT2D eigenvalue weighted by Gasteiger charge is -2.15. The highest BCUT2D eigenvalue weighted by atomic mass is 35.5. The Morgan fingerprint density at radius 2 is 1.91 bits per heavy atom. The van der Waals surface area contributed by atoms with E-state index in [0.717, 1.165) is 0 Å². The molecule has 0 aromatic rings. The first-order chi connectivity index (χ1) is 4.20. The molecule has 0 radical (unpaired) electrons. The van der Waals surface area contributed by atoms with Gasteiger partial charge in [0.15, 0.2) is 0 Å². The Morgan fingerprint density at radius 3 is 2.27 bits per heavy atom. The topological polar surface area (TPSA) is 72.2 Å². The van der Waals surface area contributed by atoms with E-state index in [1.165, 1.54) is 0 Å². The Balaban J connectivity index is 0. The van der Waals surface area contributed by atoms with Crippen LogP contribution in [0.2, 0.25) is 0 Å². The molecule has 11 heavy (non-hydrogen) atoms. The number of amides is 2. The first-order valence-corrected chi connectivity index (χ1v) is 2.79. The number of carbonyl (C=O) groups excluding carboxylic acids is 2. The molecule has 0 saturated carbocycles. The van der Waals surface area contributed by atoms with Gasteiger partial charge in [-0.25, -0.2) is 0 Å². The van der Waals surface area contributed by atoms with Crippen LogP contribution in [-0.4, -0.2) is 17.9 Å². The standard InChI is InChI=1S/C5H8N2O2.2ClH/c6-3-1-2-4(8)7-5(3)9;;/h3H,1-2,6H2,(H,7,8,9);2*1H. The highest BCUT2D eigenvalue weighted by Gasteiger charge is 2.22. The van der Waals surface area contributed by atoms with E-state index in [4.69, 9.17) is 5.73 Å². The number of hydrogen-bond donors (Lipinski definition) is 2. The molecule has 1 unspecified atom stereocenters. The average molecular weight is 201 g/mol. The fourth-order valence-electron chi connectivity index (χ4n) is 0.710. The second-order valence-electron chi connectivity index (χ2n) is 2.06. The summed E-state index contributed by atoms with van der Waals surface area (Å²) in [5.74, 6) is -0.576. The lowest BCUT2D eigenvalue weighted by atomic mass is 10.1. The third-order valence-electron chi connectivity index (χ3n) is 1.28. The second-order valence-corrected chi connectivity index (χ2v) is 2.06. The molecule has 6 heteroatoms. The molecule has 66 valence electrons. The number of piperidine rings is 1. The van der Waals surface area contributed by atoms with Gasteiger partial charge in [-0.3, -0.25) is 14.9 Å². The summed E-state index contributed by atoms with van der Waals surface area (Å²) in [5, 5.41) is 2.13. The third kappa shape index (κ3) is 3.55. The van der Waals surface area contributed by atoms with Crippen molar-refractivity contribution in [3.63, 3.8) is 0 Å². The van der Waals surface area contributed by atoms with E-state index < -0.39 is 6.04 Å². The predicted octanol–water partition coefficient (Wildman–Crippen LogP) is -0.406. The number of imide groups is 1. The van der Waals surface area contributed by atoms with Crippen molar-refractivity contribution in [2.24, 2.45) is 5.73 Å². The van der Waals surface area contributed by atoms with Gasteiger partial charge in [-0.1, -0.05) is 0 Å². The van der Waals surface area contributed by atoms with E-state index in [2.05, 4.69) is 5.32 Å². The molecule has 2 amide bonds. The van der Waals surface area contributed by atoms with Crippen molar-refractivity contribution in [2.45, 2.75) is 18.9 Å². The molecule has 1 heterocycles. The summed E-state index contributed by atoms with van der Waals surface area (Å²) in [5.41, 5.74) is 5.28. The van der Waals surface area contributed by atoms with Crippen molar-refractivity contribution in [1.29, 1.82) is 0 Å². The first-order valence-electron chi connectivity index (χ1n) is 2.79. The van der Waals surface area contributed by atoms with Gasteiger partial charge in [0.1, 0.15) is 0 Å². The van der Waals surface area contributed by atoms with Gasteiger partial charge in [-0.05, 0) is 6.42 Å². The smallest absolute Gasteiger partial charge is 0.243 e. The number of hydrogen-bond acceptors (Lipinski definition) is 3. The van der Waals surface area contributed by atoms with Crippen molar-refractivity contribution in [2.75, 3.05) is 0 Å². The summed E-state index contributed by atoms with van der Waals surface area (Å²) in [6.07, 6.45) is 0.845. The monoisotopic (exact) mass is 200 g/mol. The van der Waals surface area contributed by atoms with Crippen LogP contribution in [0.25, 0.3) is 0 Å². The highest BCUT2D eigenvalue weighted by molar-refractivity contribution is 6.00. The van der Waals surface area contributed by atoms with Gasteiger partial charge in [0.05, 0.1) is 6.04 Å². The Bertz CT molecular complexity index is 163. The predicted molar refractivity (Wildman–Crippen MR) is 44.9 cm³/mol. The molecule has 1 aliphatic heterocycles. The third-order valence-corrected chi connectivity index (χ3v) is 1.28. The summed E-state index contributed by atoms with van der Waals surface area (Å²) in [6, 6.07) is -0.484. The molecule has 4 nitrogen and oxygen atoms in total. The van der Waals surface area contributed by atoms with Crippen LogP contribution in [-0.2, 0) is 9.59 Å². The van der Waals surface area contributed by atoms with E-state index in [-0.39, 0.29) is 36.6 Å². The van der Waals surface area contributed by atoms with Gasteiger partial charge in [0, 0.05) is 6.42 Å². The number of nitrogens with two attached hydrogens (primary N) is 1.